The molecule has 0 aromatic rings. The van der Waals surface area contributed by atoms with Crippen molar-refractivity contribution in [3.8, 4) is 0 Å². The standard InChI is InChI=1S/C14H26N2O3/c1-3-4-11(12(17)18)16-13(19)14(9-15)7-5-10(2)6-8-14/h10-11H,3-9,15H2,1-2H3,(H,16,19)(H,17,18)/t10?,11-,14?/m0/s1. The molecule has 1 aliphatic carbocycles. The van der Waals surface area contributed by atoms with Crippen molar-refractivity contribution in [3.63, 3.8) is 0 Å². The van der Waals surface area contributed by atoms with Crippen molar-refractivity contribution in [3.05, 3.63) is 0 Å². The summed E-state index contributed by atoms with van der Waals surface area (Å²) in [6.45, 7) is 4.38. The lowest BCUT2D eigenvalue weighted by Crippen LogP contribution is -2.52. The van der Waals surface area contributed by atoms with Crippen molar-refractivity contribution in [2.45, 2.75) is 58.4 Å². The van der Waals surface area contributed by atoms with E-state index in [9.17, 15) is 9.59 Å². The Morgan fingerprint density at radius 2 is 2.00 bits per heavy atom. The second kappa shape index (κ2) is 6.89. The third-order valence-corrected chi connectivity index (χ3v) is 4.28. The zero-order valence-corrected chi connectivity index (χ0v) is 11.9. The Balaban J connectivity index is 2.70. The van der Waals surface area contributed by atoms with Crippen LogP contribution in [0.5, 0.6) is 0 Å². The van der Waals surface area contributed by atoms with Crippen LogP contribution in [-0.4, -0.2) is 29.6 Å². The first kappa shape index (κ1) is 16.0. The molecule has 0 bridgehead atoms. The first-order chi connectivity index (χ1) is 8.95. The van der Waals surface area contributed by atoms with Gasteiger partial charge in [-0.1, -0.05) is 20.3 Å². The SMILES string of the molecule is CCC[C@H](NC(=O)C1(CN)CCC(C)CC1)C(=O)O. The minimum Gasteiger partial charge on any atom is -0.480 e. The molecular formula is C14H26N2O3. The molecule has 0 aliphatic heterocycles. The van der Waals surface area contributed by atoms with Gasteiger partial charge in [0.05, 0.1) is 5.41 Å². The van der Waals surface area contributed by atoms with E-state index in [0.717, 1.165) is 32.1 Å². The van der Waals surface area contributed by atoms with Gasteiger partial charge in [-0.3, -0.25) is 4.79 Å². The molecule has 1 amide bonds. The fourth-order valence-corrected chi connectivity index (χ4v) is 2.70. The third kappa shape index (κ3) is 3.93. The first-order valence-electron chi connectivity index (χ1n) is 7.19. The fourth-order valence-electron chi connectivity index (χ4n) is 2.70. The van der Waals surface area contributed by atoms with Gasteiger partial charge in [0, 0.05) is 6.54 Å². The van der Waals surface area contributed by atoms with Gasteiger partial charge in [0.25, 0.3) is 0 Å². The molecule has 0 unspecified atom stereocenters. The van der Waals surface area contributed by atoms with Gasteiger partial charge in [-0.15, -0.1) is 0 Å². The van der Waals surface area contributed by atoms with Gasteiger partial charge in [0.1, 0.15) is 6.04 Å². The molecule has 5 nitrogen and oxygen atoms in total. The molecule has 0 aromatic heterocycles. The van der Waals surface area contributed by atoms with Crippen molar-refractivity contribution in [2.75, 3.05) is 6.54 Å². The third-order valence-electron chi connectivity index (χ3n) is 4.28. The van der Waals surface area contributed by atoms with Gasteiger partial charge in [0.2, 0.25) is 5.91 Å². The lowest BCUT2D eigenvalue weighted by Gasteiger charge is -2.37. The number of carbonyl (C=O) groups is 2. The van der Waals surface area contributed by atoms with Crippen molar-refractivity contribution in [1.29, 1.82) is 0 Å². The monoisotopic (exact) mass is 270 g/mol. The second-order valence-electron chi connectivity index (χ2n) is 5.82. The molecule has 0 saturated heterocycles. The van der Waals surface area contributed by atoms with Crippen molar-refractivity contribution in [2.24, 2.45) is 17.1 Å². The minimum absolute atomic E-state index is 0.178. The van der Waals surface area contributed by atoms with Crippen LogP contribution in [-0.2, 0) is 9.59 Å². The molecule has 19 heavy (non-hydrogen) atoms. The normalized spacial score (nSPS) is 28.7. The summed E-state index contributed by atoms with van der Waals surface area (Å²) in [6.07, 6.45) is 4.66. The quantitative estimate of drug-likeness (QED) is 0.682. The zero-order chi connectivity index (χ0) is 14.5. The first-order valence-corrected chi connectivity index (χ1v) is 7.19. The number of hydrogen-bond acceptors (Lipinski definition) is 3. The lowest BCUT2D eigenvalue weighted by molar-refractivity contribution is -0.144. The smallest absolute Gasteiger partial charge is 0.326 e. The van der Waals surface area contributed by atoms with Crippen LogP contribution in [0.3, 0.4) is 0 Å². The van der Waals surface area contributed by atoms with Gasteiger partial charge in [-0.25, -0.2) is 4.79 Å². The Kier molecular flexibility index (Phi) is 5.79. The summed E-state index contributed by atoms with van der Waals surface area (Å²) in [5, 5.41) is 11.8. The molecule has 0 radical (unpaired) electrons. The van der Waals surface area contributed by atoms with E-state index in [1.165, 1.54) is 0 Å². The van der Waals surface area contributed by atoms with Crippen molar-refractivity contribution >= 4 is 11.9 Å². The molecular weight excluding hydrogens is 244 g/mol. The van der Waals surface area contributed by atoms with Crippen LogP contribution < -0.4 is 11.1 Å². The molecule has 0 spiro atoms. The summed E-state index contributed by atoms with van der Waals surface area (Å²) in [5.41, 5.74) is 5.24. The average molecular weight is 270 g/mol. The number of amides is 1. The van der Waals surface area contributed by atoms with Crippen molar-refractivity contribution in [1.82, 2.24) is 5.32 Å². The summed E-state index contributed by atoms with van der Waals surface area (Å²) in [6, 6.07) is -0.791. The number of carbonyl (C=O) groups excluding carboxylic acids is 1. The molecule has 110 valence electrons. The van der Waals surface area contributed by atoms with Gasteiger partial charge in [0.15, 0.2) is 0 Å². The molecule has 1 aliphatic rings. The highest BCUT2D eigenvalue weighted by Gasteiger charge is 2.41. The predicted octanol–water partition coefficient (Wildman–Crippen LogP) is 1.51. The maximum Gasteiger partial charge on any atom is 0.326 e. The molecule has 1 rings (SSSR count). The molecule has 1 fully saturated rings. The van der Waals surface area contributed by atoms with Crippen LogP contribution in [0.1, 0.15) is 52.4 Å². The molecule has 4 N–H and O–H groups in total. The van der Waals surface area contributed by atoms with E-state index in [1.807, 2.05) is 6.92 Å². The molecule has 0 aromatic carbocycles. The largest absolute Gasteiger partial charge is 0.480 e. The number of aliphatic carboxylic acids is 1. The highest BCUT2D eigenvalue weighted by molar-refractivity contribution is 5.87. The second-order valence-corrected chi connectivity index (χ2v) is 5.82. The number of nitrogens with two attached hydrogens (primary N) is 1. The predicted molar refractivity (Wildman–Crippen MR) is 73.6 cm³/mol. The van der Waals surface area contributed by atoms with Crippen LogP contribution >= 0.6 is 0 Å². The number of hydrogen-bond donors (Lipinski definition) is 3. The van der Waals surface area contributed by atoms with Gasteiger partial charge in [-0.05, 0) is 38.0 Å². The van der Waals surface area contributed by atoms with Crippen LogP contribution in [0.25, 0.3) is 0 Å². The fraction of sp³-hybridized carbons (Fsp3) is 0.857. The van der Waals surface area contributed by atoms with Crippen LogP contribution in [0.4, 0.5) is 0 Å². The number of nitrogens with one attached hydrogen (secondary N) is 1. The number of carboxylic acid groups (broad SMARTS) is 1. The van der Waals surface area contributed by atoms with E-state index in [4.69, 9.17) is 10.8 Å². The van der Waals surface area contributed by atoms with E-state index in [2.05, 4.69) is 12.2 Å². The van der Waals surface area contributed by atoms with Gasteiger partial charge < -0.3 is 16.2 Å². The van der Waals surface area contributed by atoms with E-state index in [0.29, 0.717) is 18.9 Å². The van der Waals surface area contributed by atoms with Gasteiger partial charge >= 0.3 is 5.97 Å². The summed E-state index contributed by atoms with van der Waals surface area (Å²) < 4.78 is 0. The maximum atomic E-state index is 12.4. The zero-order valence-electron chi connectivity index (χ0n) is 11.9. The van der Waals surface area contributed by atoms with E-state index in [1.54, 1.807) is 0 Å². The topological polar surface area (TPSA) is 92.4 Å². The minimum atomic E-state index is -0.966. The Morgan fingerprint density at radius 1 is 1.42 bits per heavy atom. The van der Waals surface area contributed by atoms with E-state index >= 15 is 0 Å². The Bertz CT molecular complexity index is 323. The molecule has 1 atom stereocenters. The molecule has 5 heteroatoms. The van der Waals surface area contributed by atoms with Crippen LogP contribution in [0, 0.1) is 11.3 Å². The maximum absolute atomic E-state index is 12.4. The average Bonchev–Trinajstić information content (AvgIpc) is 2.39. The Morgan fingerprint density at radius 3 is 2.42 bits per heavy atom. The highest BCUT2D eigenvalue weighted by atomic mass is 16.4. The summed E-state index contributed by atoms with van der Waals surface area (Å²) in [5.74, 6) is -0.521. The summed E-state index contributed by atoms with van der Waals surface area (Å²) >= 11 is 0. The van der Waals surface area contributed by atoms with Crippen LogP contribution in [0.2, 0.25) is 0 Å². The van der Waals surface area contributed by atoms with E-state index in [-0.39, 0.29) is 5.91 Å². The Labute approximate surface area is 114 Å². The Hall–Kier alpha value is -1.10. The highest BCUT2D eigenvalue weighted by Crippen LogP contribution is 2.38. The lowest BCUT2D eigenvalue weighted by atomic mass is 9.70. The van der Waals surface area contributed by atoms with E-state index < -0.39 is 17.4 Å². The van der Waals surface area contributed by atoms with Crippen molar-refractivity contribution < 1.29 is 14.7 Å². The van der Waals surface area contributed by atoms with Crippen LogP contribution in [0.15, 0.2) is 0 Å². The number of carboxylic acids is 1. The molecule has 0 heterocycles. The summed E-state index contributed by atoms with van der Waals surface area (Å²) in [7, 11) is 0. The van der Waals surface area contributed by atoms with Gasteiger partial charge in [-0.2, -0.15) is 0 Å². The molecule has 1 saturated carbocycles. The number of rotatable bonds is 6. The summed E-state index contributed by atoms with van der Waals surface area (Å²) in [4.78, 5) is 23.5.